The van der Waals surface area contributed by atoms with Crippen LogP contribution in [0.3, 0.4) is 0 Å². The predicted molar refractivity (Wildman–Crippen MR) is 55.4 cm³/mol. The predicted octanol–water partition coefficient (Wildman–Crippen LogP) is 0.563. The fraction of sp³-hybridized carbons (Fsp3) is 0.444. The van der Waals surface area contributed by atoms with Gasteiger partial charge in [0.25, 0.3) is 0 Å². The summed E-state index contributed by atoms with van der Waals surface area (Å²) in [5, 5.41) is 0. The van der Waals surface area contributed by atoms with Crippen LogP contribution in [0.5, 0.6) is 0 Å². The number of hydrogen-bond donors (Lipinski definition) is 1. The lowest BCUT2D eigenvalue weighted by Gasteiger charge is -2.03. The molecule has 0 radical (unpaired) electrons. The van der Waals surface area contributed by atoms with Crippen molar-refractivity contribution < 1.29 is 8.42 Å². The van der Waals surface area contributed by atoms with Gasteiger partial charge in [-0.15, -0.1) is 0 Å². The Morgan fingerprint density at radius 3 is 2.79 bits per heavy atom. The first kappa shape index (κ1) is 11.1. The molecule has 0 spiro atoms. The number of nitrogens with one attached hydrogen (secondary N) is 1. The number of hydrogen-bond acceptors (Lipinski definition) is 3. The second-order valence-electron chi connectivity index (χ2n) is 2.89. The second-order valence-corrected chi connectivity index (χ2v) is 4.81. The summed E-state index contributed by atoms with van der Waals surface area (Å²) in [6.07, 6.45) is 2.12. The highest BCUT2D eigenvalue weighted by atomic mass is 32.2. The van der Waals surface area contributed by atoms with Crippen molar-refractivity contribution in [1.29, 1.82) is 0 Å². The summed E-state index contributed by atoms with van der Waals surface area (Å²) in [4.78, 5) is 4.05. The lowest BCUT2D eigenvalue weighted by Crippen LogP contribution is -2.26. The highest BCUT2D eigenvalue weighted by molar-refractivity contribution is 7.89. The van der Waals surface area contributed by atoms with Gasteiger partial charge in [0, 0.05) is 24.9 Å². The minimum atomic E-state index is -3.12. The van der Waals surface area contributed by atoms with Gasteiger partial charge in [-0.05, 0) is 12.1 Å². The van der Waals surface area contributed by atoms with E-state index < -0.39 is 10.0 Å². The van der Waals surface area contributed by atoms with Crippen LogP contribution in [0.25, 0.3) is 0 Å². The maximum atomic E-state index is 11.3. The van der Waals surface area contributed by atoms with Crippen LogP contribution in [-0.4, -0.2) is 25.7 Å². The molecule has 0 aliphatic carbocycles. The topological polar surface area (TPSA) is 59.1 Å². The molecule has 0 saturated carbocycles. The average Bonchev–Trinajstić information content (AvgIpc) is 2.17. The van der Waals surface area contributed by atoms with Crippen molar-refractivity contribution in [2.45, 2.75) is 13.3 Å². The molecule has 1 aromatic rings. The van der Waals surface area contributed by atoms with E-state index in [1.54, 1.807) is 13.1 Å². The number of aryl methyl sites for hydroxylation is 1. The van der Waals surface area contributed by atoms with E-state index in [4.69, 9.17) is 0 Å². The maximum absolute atomic E-state index is 11.3. The maximum Gasteiger partial charge on any atom is 0.211 e. The molecule has 0 fully saturated rings. The molecule has 0 bridgehead atoms. The van der Waals surface area contributed by atoms with Crippen LogP contribution in [0.15, 0.2) is 24.4 Å². The van der Waals surface area contributed by atoms with E-state index in [0.29, 0.717) is 13.0 Å². The van der Waals surface area contributed by atoms with Gasteiger partial charge in [0.2, 0.25) is 10.0 Å². The number of rotatable bonds is 5. The fourth-order valence-electron chi connectivity index (χ4n) is 1.08. The van der Waals surface area contributed by atoms with E-state index in [-0.39, 0.29) is 5.75 Å². The van der Waals surface area contributed by atoms with Crippen molar-refractivity contribution in [2.75, 3.05) is 12.3 Å². The molecular formula is C9H14N2O2S. The van der Waals surface area contributed by atoms with Crippen molar-refractivity contribution >= 4 is 10.0 Å². The molecule has 5 heteroatoms. The molecule has 1 rings (SSSR count). The standard InChI is InChI=1S/C9H14N2O2S/c1-2-11-14(12,13)8-6-9-5-3-4-7-10-9/h3-5,7,11H,2,6,8H2,1H3. The summed E-state index contributed by atoms with van der Waals surface area (Å²) in [6, 6.07) is 5.48. The molecule has 0 saturated heterocycles. The normalized spacial score (nSPS) is 11.5. The molecule has 0 aliphatic heterocycles. The van der Waals surface area contributed by atoms with Gasteiger partial charge in [-0.25, -0.2) is 13.1 Å². The Balaban J connectivity index is 2.49. The van der Waals surface area contributed by atoms with Gasteiger partial charge in [-0.3, -0.25) is 4.98 Å². The molecule has 0 amide bonds. The average molecular weight is 214 g/mol. The Labute approximate surface area is 84.4 Å². The van der Waals surface area contributed by atoms with Crippen molar-refractivity contribution in [2.24, 2.45) is 0 Å². The molecule has 0 atom stereocenters. The monoisotopic (exact) mass is 214 g/mol. The van der Waals surface area contributed by atoms with Gasteiger partial charge in [-0.2, -0.15) is 0 Å². The molecule has 78 valence electrons. The third-order valence-corrected chi connectivity index (χ3v) is 3.19. The summed E-state index contributed by atoms with van der Waals surface area (Å²) < 4.78 is 25.0. The van der Waals surface area contributed by atoms with E-state index in [1.807, 2.05) is 18.2 Å². The summed E-state index contributed by atoms with van der Waals surface area (Å²) in [5.41, 5.74) is 0.800. The summed E-state index contributed by atoms with van der Waals surface area (Å²) in [6.45, 7) is 2.20. The highest BCUT2D eigenvalue weighted by Gasteiger charge is 2.08. The third-order valence-electron chi connectivity index (χ3n) is 1.72. The molecule has 0 unspecified atom stereocenters. The zero-order chi connectivity index (χ0) is 10.4. The molecule has 0 aromatic carbocycles. The number of nitrogens with zero attached hydrogens (tertiary/aromatic N) is 1. The van der Waals surface area contributed by atoms with Crippen LogP contribution in [0, 0.1) is 0 Å². The Morgan fingerprint density at radius 1 is 1.43 bits per heavy atom. The molecule has 1 aromatic heterocycles. The first-order valence-electron chi connectivity index (χ1n) is 4.51. The summed E-state index contributed by atoms with van der Waals surface area (Å²) >= 11 is 0. The van der Waals surface area contributed by atoms with Crippen LogP contribution in [0.1, 0.15) is 12.6 Å². The quantitative estimate of drug-likeness (QED) is 0.779. The molecular weight excluding hydrogens is 200 g/mol. The lowest BCUT2D eigenvalue weighted by atomic mass is 10.3. The zero-order valence-corrected chi connectivity index (χ0v) is 8.92. The van der Waals surface area contributed by atoms with E-state index in [0.717, 1.165) is 5.69 Å². The minimum Gasteiger partial charge on any atom is -0.261 e. The van der Waals surface area contributed by atoms with Crippen molar-refractivity contribution in [1.82, 2.24) is 9.71 Å². The Morgan fingerprint density at radius 2 is 2.21 bits per heavy atom. The largest absolute Gasteiger partial charge is 0.261 e. The van der Waals surface area contributed by atoms with Gasteiger partial charge >= 0.3 is 0 Å². The summed E-state index contributed by atoms with van der Waals surface area (Å²) in [7, 11) is -3.12. The van der Waals surface area contributed by atoms with Crippen LogP contribution >= 0.6 is 0 Å². The molecule has 0 aliphatic rings. The SMILES string of the molecule is CCNS(=O)(=O)CCc1ccccn1. The number of sulfonamides is 1. The van der Waals surface area contributed by atoms with Gasteiger partial charge in [0.15, 0.2) is 0 Å². The second kappa shape index (κ2) is 5.07. The van der Waals surface area contributed by atoms with Crippen LogP contribution in [0.2, 0.25) is 0 Å². The summed E-state index contributed by atoms with van der Waals surface area (Å²) in [5.74, 6) is 0.0951. The zero-order valence-electron chi connectivity index (χ0n) is 8.10. The fourth-order valence-corrected chi connectivity index (χ4v) is 2.14. The molecule has 4 nitrogen and oxygen atoms in total. The Kier molecular flexibility index (Phi) is 4.03. The van der Waals surface area contributed by atoms with E-state index >= 15 is 0 Å². The first-order chi connectivity index (χ1) is 6.64. The molecule has 1 N–H and O–H groups in total. The number of aromatic nitrogens is 1. The molecule has 1 heterocycles. The van der Waals surface area contributed by atoms with Crippen LogP contribution < -0.4 is 4.72 Å². The van der Waals surface area contributed by atoms with Crippen LogP contribution in [0.4, 0.5) is 0 Å². The van der Waals surface area contributed by atoms with Crippen molar-refractivity contribution in [3.8, 4) is 0 Å². The molecule has 14 heavy (non-hydrogen) atoms. The van der Waals surface area contributed by atoms with E-state index in [1.165, 1.54) is 0 Å². The Hall–Kier alpha value is -0.940. The van der Waals surface area contributed by atoms with Gasteiger partial charge in [0.05, 0.1) is 5.75 Å². The minimum absolute atomic E-state index is 0.0951. The Bertz CT molecular complexity index is 362. The van der Waals surface area contributed by atoms with Gasteiger partial charge < -0.3 is 0 Å². The van der Waals surface area contributed by atoms with E-state index in [2.05, 4.69) is 9.71 Å². The van der Waals surface area contributed by atoms with Crippen molar-refractivity contribution in [3.63, 3.8) is 0 Å². The number of pyridine rings is 1. The van der Waals surface area contributed by atoms with Gasteiger partial charge in [0.1, 0.15) is 0 Å². The lowest BCUT2D eigenvalue weighted by molar-refractivity contribution is 0.583. The third kappa shape index (κ3) is 3.85. The van der Waals surface area contributed by atoms with Gasteiger partial charge in [-0.1, -0.05) is 13.0 Å². The van der Waals surface area contributed by atoms with E-state index in [9.17, 15) is 8.42 Å². The highest BCUT2D eigenvalue weighted by Crippen LogP contribution is 1.97. The smallest absolute Gasteiger partial charge is 0.211 e. The first-order valence-corrected chi connectivity index (χ1v) is 6.16. The van der Waals surface area contributed by atoms with Crippen LogP contribution in [-0.2, 0) is 16.4 Å². The van der Waals surface area contributed by atoms with Crippen molar-refractivity contribution in [3.05, 3.63) is 30.1 Å².